The van der Waals surface area contributed by atoms with Crippen molar-refractivity contribution in [2.24, 2.45) is 0 Å². The first kappa shape index (κ1) is 20.3. The number of H-pyrrole nitrogens is 1. The van der Waals surface area contributed by atoms with Crippen molar-refractivity contribution in [3.05, 3.63) is 42.9 Å². The third-order valence-corrected chi connectivity index (χ3v) is 6.51. The molecule has 6 heterocycles. The van der Waals surface area contributed by atoms with E-state index in [1.807, 2.05) is 35.3 Å². The highest BCUT2D eigenvalue weighted by Gasteiger charge is 2.25. The first-order valence-electron chi connectivity index (χ1n) is 11.6. The largest absolute Gasteiger partial charge is 0.377 e. The Balaban J connectivity index is 1.55. The van der Waals surface area contributed by atoms with Gasteiger partial charge in [-0.3, -0.25) is 10.1 Å². The van der Waals surface area contributed by atoms with Gasteiger partial charge >= 0.3 is 0 Å². The second-order valence-corrected chi connectivity index (χ2v) is 8.65. The normalized spacial score (nSPS) is 21.5. The molecule has 9 heteroatoms. The van der Waals surface area contributed by atoms with E-state index in [-0.39, 0.29) is 12.3 Å². The maximum atomic E-state index is 6.03. The summed E-state index contributed by atoms with van der Waals surface area (Å²) in [6.45, 7) is 5.10. The predicted octanol–water partition coefficient (Wildman–Crippen LogP) is 3.81. The number of nitrogens with one attached hydrogen (secondary N) is 1. The Labute approximate surface area is 191 Å². The molecule has 9 nitrogen and oxygen atoms in total. The van der Waals surface area contributed by atoms with E-state index in [4.69, 9.17) is 19.4 Å². The zero-order valence-corrected chi connectivity index (χ0v) is 18.6. The standard InChI is InChI=1S/C24H27N7O2/c1-16-15-32-13-11-30(16)21-14-18(19-6-9-26-29-19)17-5-8-25-24(23(17)28-21)20-7-10-27-31(20)22-4-2-3-12-33-22/h5-10,14,16,22H,2-4,11-13,15H2,1H3,(H,26,29). The van der Waals surface area contributed by atoms with E-state index < -0.39 is 0 Å². The molecule has 2 aliphatic rings. The maximum absolute atomic E-state index is 6.03. The summed E-state index contributed by atoms with van der Waals surface area (Å²) in [4.78, 5) is 12.2. The molecule has 1 N–H and O–H groups in total. The number of nitrogens with zero attached hydrogens (tertiary/aromatic N) is 6. The van der Waals surface area contributed by atoms with Crippen LogP contribution in [0.2, 0.25) is 0 Å². The van der Waals surface area contributed by atoms with Gasteiger partial charge in [0, 0.05) is 42.7 Å². The molecule has 0 radical (unpaired) electrons. The summed E-state index contributed by atoms with van der Waals surface area (Å²) >= 11 is 0. The zero-order chi connectivity index (χ0) is 22.2. The minimum absolute atomic E-state index is 0.0738. The summed E-state index contributed by atoms with van der Waals surface area (Å²) < 4.78 is 13.7. The van der Waals surface area contributed by atoms with Gasteiger partial charge < -0.3 is 14.4 Å². The number of aromatic amines is 1. The van der Waals surface area contributed by atoms with E-state index in [2.05, 4.69) is 33.2 Å². The summed E-state index contributed by atoms with van der Waals surface area (Å²) in [5.41, 5.74) is 4.57. The molecule has 2 saturated heterocycles. The molecule has 0 saturated carbocycles. The van der Waals surface area contributed by atoms with E-state index >= 15 is 0 Å². The summed E-state index contributed by atoms with van der Waals surface area (Å²) in [6, 6.07) is 8.39. The Morgan fingerprint density at radius 2 is 2.06 bits per heavy atom. The zero-order valence-electron chi connectivity index (χ0n) is 18.6. The van der Waals surface area contributed by atoms with Crippen molar-refractivity contribution in [2.45, 2.75) is 38.5 Å². The number of anilines is 1. The van der Waals surface area contributed by atoms with Crippen LogP contribution in [0.3, 0.4) is 0 Å². The van der Waals surface area contributed by atoms with E-state index in [1.54, 1.807) is 6.20 Å². The van der Waals surface area contributed by atoms with Crippen molar-refractivity contribution in [2.75, 3.05) is 31.3 Å². The minimum atomic E-state index is -0.0738. The molecule has 2 fully saturated rings. The highest BCUT2D eigenvalue weighted by molar-refractivity contribution is 6.01. The van der Waals surface area contributed by atoms with E-state index in [1.165, 1.54) is 0 Å². The summed E-state index contributed by atoms with van der Waals surface area (Å²) in [6.07, 6.45) is 8.53. The van der Waals surface area contributed by atoms with Crippen LogP contribution in [0.4, 0.5) is 5.82 Å². The van der Waals surface area contributed by atoms with Crippen LogP contribution in [0, 0.1) is 0 Å². The van der Waals surface area contributed by atoms with Crippen molar-refractivity contribution in [3.63, 3.8) is 0 Å². The lowest BCUT2D eigenvalue weighted by Crippen LogP contribution is -2.44. The molecule has 2 unspecified atom stereocenters. The van der Waals surface area contributed by atoms with Crippen LogP contribution in [0.5, 0.6) is 0 Å². The van der Waals surface area contributed by atoms with Crippen LogP contribution in [0.1, 0.15) is 32.4 Å². The number of hydrogen-bond donors (Lipinski definition) is 1. The second kappa shape index (κ2) is 8.57. The molecule has 0 spiro atoms. The van der Waals surface area contributed by atoms with Gasteiger partial charge in [-0.25, -0.2) is 9.67 Å². The molecular formula is C24H27N7O2. The minimum Gasteiger partial charge on any atom is -0.377 e. The van der Waals surface area contributed by atoms with Gasteiger partial charge in [0.05, 0.1) is 30.6 Å². The number of ether oxygens (including phenoxy) is 2. The summed E-state index contributed by atoms with van der Waals surface area (Å²) in [5, 5.41) is 12.9. The van der Waals surface area contributed by atoms with Crippen LogP contribution < -0.4 is 4.90 Å². The van der Waals surface area contributed by atoms with Crippen molar-refractivity contribution in [1.29, 1.82) is 0 Å². The number of rotatable bonds is 4. The van der Waals surface area contributed by atoms with Gasteiger partial charge in [-0.1, -0.05) is 0 Å². The average Bonchev–Trinajstić information content (AvgIpc) is 3.56. The van der Waals surface area contributed by atoms with Gasteiger partial charge in [0.25, 0.3) is 0 Å². The average molecular weight is 446 g/mol. The SMILES string of the molecule is CC1COCCN1c1cc(-c2ccn[nH]2)c2ccnc(-c3ccnn3C3CCCCO3)c2n1. The van der Waals surface area contributed by atoms with E-state index in [9.17, 15) is 0 Å². The van der Waals surface area contributed by atoms with Crippen LogP contribution in [0.15, 0.2) is 42.9 Å². The van der Waals surface area contributed by atoms with Crippen LogP contribution >= 0.6 is 0 Å². The monoisotopic (exact) mass is 445 g/mol. The van der Waals surface area contributed by atoms with Gasteiger partial charge in [0.15, 0.2) is 6.23 Å². The number of pyridine rings is 2. The number of fused-ring (bicyclic) bond motifs is 1. The first-order chi connectivity index (χ1) is 16.3. The highest BCUT2D eigenvalue weighted by atomic mass is 16.5. The number of aromatic nitrogens is 6. The van der Waals surface area contributed by atoms with E-state index in [0.29, 0.717) is 13.2 Å². The summed E-state index contributed by atoms with van der Waals surface area (Å²) in [7, 11) is 0. The Morgan fingerprint density at radius 3 is 2.88 bits per heavy atom. The molecule has 0 amide bonds. The van der Waals surface area contributed by atoms with Gasteiger partial charge in [-0.15, -0.1) is 0 Å². The molecule has 4 aromatic heterocycles. The predicted molar refractivity (Wildman–Crippen MR) is 125 cm³/mol. The van der Waals surface area contributed by atoms with E-state index in [0.717, 1.165) is 71.8 Å². The van der Waals surface area contributed by atoms with Crippen molar-refractivity contribution in [1.82, 2.24) is 29.9 Å². The fourth-order valence-corrected chi connectivity index (χ4v) is 4.82. The smallest absolute Gasteiger partial charge is 0.150 e. The lowest BCUT2D eigenvalue weighted by Gasteiger charge is -2.34. The highest BCUT2D eigenvalue weighted by Crippen LogP contribution is 2.36. The quantitative estimate of drug-likeness (QED) is 0.510. The summed E-state index contributed by atoms with van der Waals surface area (Å²) in [5.74, 6) is 0.914. The molecule has 0 aromatic carbocycles. The van der Waals surface area contributed by atoms with Gasteiger partial charge in [0.2, 0.25) is 0 Å². The van der Waals surface area contributed by atoms with Crippen LogP contribution in [-0.4, -0.2) is 62.4 Å². The van der Waals surface area contributed by atoms with Crippen molar-refractivity contribution < 1.29 is 9.47 Å². The van der Waals surface area contributed by atoms with Gasteiger partial charge in [-0.05, 0) is 50.5 Å². The third kappa shape index (κ3) is 3.67. The third-order valence-electron chi connectivity index (χ3n) is 6.51. The Bertz CT molecular complexity index is 1250. The Hall–Kier alpha value is -3.30. The Morgan fingerprint density at radius 1 is 1.09 bits per heavy atom. The molecule has 170 valence electrons. The lowest BCUT2D eigenvalue weighted by atomic mass is 10.0. The number of morpholine rings is 1. The second-order valence-electron chi connectivity index (χ2n) is 8.65. The molecule has 33 heavy (non-hydrogen) atoms. The maximum Gasteiger partial charge on any atom is 0.150 e. The number of hydrogen-bond acceptors (Lipinski definition) is 7. The fourth-order valence-electron chi connectivity index (χ4n) is 4.82. The lowest BCUT2D eigenvalue weighted by molar-refractivity contribution is -0.0383. The van der Waals surface area contributed by atoms with Crippen molar-refractivity contribution >= 4 is 16.7 Å². The van der Waals surface area contributed by atoms with Gasteiger partial charge in [-0.2, -0.15) is 10.2 Å². The molecule has 0 aliphatic carbocycles. The molecule has 4 aromatic rings. The van der Waals surface area contributed by atoms with Gasteiger partial charge in [0.1, 0.15) is 17.0 Å². The molecular weight excluding hydrogens is 418 g/mol. The van der Waals surface area contributed by atoms with Crippen molar-refractivity contribution in [3.8, 4) is 22.6 Å². The van der Waals surface area contributed by atoms with Crippen LogP contribution in [-0.2, 0) is 9.47 Å². The topological polar surface area (TPSA) is 94.0 Å². The van der Waals surface area contributed by atoms with Crippen LogP contribution in [0.25, 0.3) is 33.5 Å². The molecule has 6 rings (SSSR count). The first-order valence-corrected chi connectivity index (χ1v) is 11.6. The Kier molecular flexibility index (Phi) is 5.27. The molecule has 0 bridgehead atoms. The molecule has 2 atom stereocenters. The molecule has 2 aliphatic heterocycles. The fraction of sp³-hybridized carbons (Fsp3) is 0.417.